The quantitative estimate of drug-likeness (QED) is 0.756. The van der Waals surface area contributed by atoms with Crippen molar-refractivity contribution < 1.29 is 5.82 Å². The Labute approximate surface area is 142 Å². The van der Waals surface area contributed by atoms with Gasteiger partial charge in [0.05, 0.1) is 0 Å². The molecule has 2 N–H and O–H groups in total. The third kappa shape index (κ3) is 5.45. The molecule has 0 saturated carbocycles. The Kier molecular flexibility index (Phi) is 7.28. The third-order valence-corrected chi connectivity index (χ3v) is 4.70. The molecule has 1 unspecified atom stereocenters. The van der Waals surface area contributed by atoms with E-state index in [1.165, 1.54) is 17.7 Å². The van der Waals surface area contributed by atoms with Gasteiger partial charge in [-0.1, -0.05) is 32.8 Å². The molecular formula is C19H34FN3. The van der Waals surface area contributed by atoms with Gasteiger partial charge in [0.2, 0.25) is 0 Å². The molecule has 0 aliphatic carbocycles. The van der Waals surface area contributed by atoms with Crippen LogP contribution in [0.2, 0.25) is 0 Å². The molecule has 0 amide bonds. The average molecular weight is 324 g/mol. The molecule has 4 heteroatoms. The third-order valence-electron chi connectivity index (χ3n) is 4.70. The number of hydrogen-bond acceptors (Lipinski definition) is 3. The van der Waals surface area contributed by atoms with Crippen LogP contribution in [0.1, 0.15) is 65.1 Å². The lowest BCUT2D eigenvalue weighted by molar-refractivity contribution is 0.171. The summed E-state index contributed by atoms with van der Waals surface area (Å²) in [5, 5.41) is 6.50. The molecule has 0 aromatic carbocycles. The predicted octanol–water partition coefficient (Wildman–Crippen LogP) is 4.52. The van der Waals surface area contributed by atoms with Gasteiger partial charge in [0, 0.05) is 20.2 Å². The number of alkyl halides is 1. The lowest BCUT2D eigenvalue weighted by Crippen LogP contribution is -2.25. The van der Waals surface area contributed by atoms with E-state index >= 15 is 0 Å². The Morgan fingerprint density at radius 2 is 2.09 bits per heavy atom. The number of hydrogen-bond donors (Lipinski definition) is 2. The minimum Gasteiger partial charge on any atom is -0.370 e. The molecular weight excluding hydrogens is 289 g/mol. The standard InChI is InChI=1S/C17H26FN3.C2H6.H2/c18-17(10-12-19-13-17)9-3-1-2-6-15-8-7-14-5-4-11-20-16(14)21-15;1-2;/h7-8,19H,1-6,9-13H2,(H,20,21);1-2H3;1H. The second-order valence-corrected chi connectivity index (χ2v) is 6.48. The molecule has 1 aromatic heterocycles. The summed E-state index contributed by atoms with van der Waals surface area (Å²) in [7, 11) is 0. The van der Waals surface area contributed by atoms with Crippen LogP contribution in [-0.2, 0) is 12.8 Å². The van der Waals surface area contributed by atoms with Crippen molar-refractivity contribution in [2.45, 2.75) is 70.9 Å². The summed E-state index contributed by atoms with van der Waals surface area (Å²) in [5.74, 6) is 1.08. The van der Waals surface area contributed by atoms with Crippen molar-refractivity contribution in [3.8, 4) is 0 Å². The van der Waals surface area contributed by atoms with Crippen molar-refractivity contribution in [3.05, 3.63) is 23.4 Å². The molecule has 1 aromatic rings. The molecule has 23 heavy (non-hydrogen) atoms. The van der Waals surface area contributed by atoms with Crippen LogP contribution in [0.5, 0.6) is 0 Å². The predicted molar refractivity (Wildman–Crippen MR) is 98.0 cm³/mol. The highest BCUT2D eigenvalue weighted by Crippen LogP contribution is 2.26. The maximum absolute atomic E-state index is 14.2. The second kappa shape index (κ2) is 9.21. The Bertz CT molecular complexity index is 476. The molecule has 3 heterocycles. The molecule has 2 aliphatic heterocycles. The summed E-state index contributed by atoms with van der Waals surface area (Å²) in [5.41, 5.74) is 1.58. The summed E-state index contributed by atoms with van der Waals surface area (Å²) in [6, 6.07) is 4.37. The van der Waals surface area contributed by atoms with Gasteiger partial charge in [0.25, 0.3) is 0 Å². The van der Waals surface area contributed by atoms with E-state index in [1.807, 2.05) is 13.8 Å². The Morgan fingerprint density at radius 1 is 1.22 bits per heavy atom. The van der Waals surface area contributed by atoms with Gasteiger partial charge in [-0.25, -0.2) is 9.37 Å². The molecule has 0 spiro atoms. The lowest BCUT2D eigenvalue weighted by atomic mass is 9.96. The van der Waals surface area contributed by atoms with Gasteiger partial charge in [0.15, 0.2) is 0 Å². The van der Waals surface area contributed by atoms with Gasteiger partial charge >= 0.3 is 0 Å². The van der Waals surface area contributed by atoms with Gasteiger partial charge in [-0.3, -0.25) is 0 Å². The van der Waals surface area contributed by atoms with E-state index in [2.05, 4.69) is 22.8 Å². The van der Waals surface area contributed by atoms with Crippen molar-refractivity contribution >= 4 is 5.82 Å². The number of pyridine rings is 1. The Balaban J connectivity index is 0.000000925. The normalized spacial score (nSPS) is 22.7. The number of anilines is 1. The molecule has 2 aliphatic rings. The van der Waals surface area contributed by atoms with E-state index in [4.69, 9.17) is 4.98 Å². The maximum Gasteiger partial charge on any atom is 0.129 e. The first-order valence-corrected chi connectivity index (χ1v) is 9.38. The Morgan fingerprint density at radius 3 is 2.87 bits per heavy atom. The van der Waals surface area contributed by atoms with Crippen molar-refractivity contribution in [1.82, 2.24) is 10.3 Å². The number of nitrogens with zero attached hydrogens (tertiary/aromatic N) is 1. The van der Waals surface area contributed by atoms with Crippen LogP contribution in [0.3, 0.4) is 0 Å². The highest BCUT2D eigenvalue weighted by atomic mass is 19.1. The number of nitrogens with one attached hydrogen (secondary N) is 2. The van der Waals surface area contributed by atoms with Crippen LogP contribution >= 0.6 is 0 Å². The lowest BCUT2D eigenvalue weighted by Gasteiger charge is -2.18. The maximum atomic E-state index is 14.2. The summed E-state index contributed by atoms with van der Waals surface area (Å²) in [6.07, 6.45) is 7.93. The van der Waals surface area contributed by atoms with Crippen LogP contribution in [-0.4, -0.2) is 30.3 Å². The van der Waals surface area contributed by atoms with Gasteiger partial charge in [-0.05, 0) is 56.7 Å². The summed E-state index contributed by atoms with van der Waals surface area (Å²) >= 11 is 0. The van der Waals surface area contributed by atoms with E-state index in [9.17, 15) is 4.39 Å². The molecule has 0 bridgehead atoms. The number of aryl methyl sites for hydroxylation is 2. The van der Waals surface area contributed by atoms with Crippen molar-refractivity contribution in [2.75, 3.05) is 25.0 Å². The van der Waals surface area contributed by atoms with Gasteiger partial charge in [-0.2, -0.15) is 0 Å². The van der Waals surface area contributed by atoms with Crippen molar-refractivity contribution in [3.63, 3.8) is 0 Å². The second-order valence-electron chi connectivity index (χ2n) is 6.48. The SMILES string of the molecule is CC.FC1(CCCCCc2ccc3c(n2)NCCC3)CCNC1.[HH]. The monoisotopic (exact) mass is 323 g/mol. The number of fused-ring (bicyclic) bond motifs is 1. The van der Waals surface area contributed by atoms with Gasteiger partial charge in [0.1, 0.15) is 11.5 Å². The number of halogens is 1. The highest BCUT2D eigenvalue weighted by molar-refractivity contribution is 5.46. The van der Waals surface area contributed by atoms with Crippen LogP contribution in [0.15, 0.2) is 12.1 Å². The van der Waals surface area contributed by atoms with Crippen LogP contribution < -0.4 is 10.6 Å². The van der Waals surface area contributed by atoms with E-state index < -0.39 is 5.67 Å². The van der Waals surface area contributed by atoms with E-state index in [1.54, 1.807) is 0 Å². The molecule has 132 valence electrons. The first-order chi connectivity index (χ1) is 11.3. The highest BCUT2D eigenvalue weighted by Gasteiger charge is 2.32. The minimum absolute atomic E-state index is 0. The zero-order valence-electron chi connectivity index (χ0n) is 14.8. The smallest absolute Gasteiger partial charge is 0.129 e. The zero-order valence-corrected chi connectivity index (χ0v) is 14.8. The first kappa shape index (κ1) is 18.2. The van der Waals surface area contributed by atoms with E-state index in [0.717, 1.165) is 51.0 Å². The first-order valence-electron chi connectivity index (χ1n) is 9.38. The van der Waals surface area contributed by atoms with Crippen LogP contribution in [0.4, 0.5) is 10.2 Å². The topological polar surface area (TPSA) is 37.0 Å². The molecule has 1 saturated heterocycles. The Hall–Kier alpha value is -1.16. The summed E-state index contributed by atoms with van der Waals surface area (Å²) < 4.78 is 14.2. The van der Waals surface area contributed by atoms with E-state index in [0.29, 0.717) is 19.4 Å². The fraction of sp³-hybridized carbons (Fsp3) is 0.737. The van der Waals surface area contributed by atoms with Crippen molar-refractivity contribution in [1.29, 1.82) is 0 Å². The number of aromatic nitrogens is 1. The summed E-state index contributed by atoms with van der Waals surface area (Å²) in [4.78, 5) is 4.71. The molecule has 0 radical (unpaired) electrons. The van der Waals surface area contributed by atoms with E-state index in [-0.39, 0.29) is 1.43 Å². The summed E-state index contributed by atoms with van der Waals surface area (Å²) in [6.45, 7) is 6.42. The zero-order chi connectivity index (χ0) is 16.5. The largest absolute Gasteiger partial charge is 0.370 e. The average Bonchev–Trinajstić information content (AvgIpc) is 3.03. The number of rotatable bonds is 6. The molecule has 1 atom stereocenters. The van der Waals surface area contributed by atoms with Crippen molar-refractivity contribution in [2.24, 2.45) is 0 Å². The number of unbranched alkanes of at least 4 members (excludes halogenated alkanes) is 2. The fourth-order valence-corrected chi connectivity index (χ4v) is 3.36. The van der Waals surface area contributed by atoms with Gasteiger partial charge < -0.3 is 10.6 Å². The molecule has 3 rings (SSSR count). The molecule has 3 nitrogen and oxygen atoms in total. The van der Waals surface area contributed by atoms with Gasteiger partial charge in [-0.15, -0.1) is 0 Å². The molecule has 1 fully saturated rings. The fourth-order valence-electron chi connectivity index (χ4n) is 3.36. The van der Waals surface area contributed by atoms with Crippen LogP contribution in [0.25, 0.3) is 0 Å². The van der Waals surface area contributed by atoms with Crippen LogP contribution in [0, 0.1) is 0 Å². The minimum atomic E-state index is -0.937.